The molecule has 0 amide bonds. The SMILES string of the molecule is O=C(/C=C/c1cc(Br)c(Br)s1)c1ccc(N2CCOCC2)cc1. The Morgan fingerprint density at radius 2 is 1.87 bits per heavy atom. The number of hydrogen-bond donors (Lipinski definition) is 0. The standard InChI is InChI=1S/C17H15Br2NO2S/c18-15-11-14(23-17(15)19)5-6-16(21)12-1-3-13(4-2-12)20-7-9-22-10-8-20/h1-6,11H,7-10H2/b6-5+. The van der Waals surface area contributed by atoms with E-state index in [1.54, 1.807) is 17.4 Å². The number of hydrogen-bond acceptors (Lipinski definition) is 4. The van der Waals surface area contributed by atoms with Crippen LogP contribution in [0, 0.1) is 0 Å². The number of carbonyl (C=O) groups excluding carboxylic acids is 1. The Balaban J connectivity index is 1.67. The lowest BCUT2D eigenvalue weighted by molar-refractivity contribution is 0.104. The van der Waals surface area contributed by atoms with Crippen molar-refractivity contribution in [1.82, 2.24) is 0 Å². The smallest absolute Gasteiger partial charge is 0.185 e. The summed E-state index contributed by atoms with van der Waals surface area (Å²) < 4.78 is 7.39. The Hall–Kier alpha value is -0.950. The Kier molecular flexibility index (Phi) is 5.69. The van der Waals surface area contributed by atoms with Gasteiger partial charge in [0.1, 0.15) is 0 Å². The number of ketones is 1. The van der Waals surface area contributed by atoms with Crippen LogP contribution >= 0.6 is 43.2 Å². The third-order valence-electron chi connectivity index (χ3n) is 3.59. The first-order valence-corrected chi connectivity index (χ1v) is 9.64. The second-order valence-corrected chi connectivity index (χ2v) is 8.37. The predicted molar refractivity (Wildman–Crippen MR) is 103 cm³/mol. The first-order chi connectivity index (χ1) is 11.1. The van der Waals surface area contributed by atoms with Crippen LogP contribution in [0.4, 0.5) is 5.69 Å². The van der Waals surface area contributed by atoms with Crippen LogP contribution in [0.2, 0.25) is 0 Å². The molecule has 0 unspecified atom stereocenters. The van der Waals surface area contributed by atoms with Gasteiger partial charge in [0.05, 0.1) is 17.0 Å². The monoisotopic (exact) mass is 455 g/mol. The van der Waals surface area contributed by atoms with Crippen molar-refractivity contribution in [2.45, 2.75) is 0 Å². The topological polar surface area (TPSA) is 29.5 Å². The predicted octanol–water partition coefficient (Wildman–Crippen LogP) is 5.01. The zero-order valence-corrected chi connectivity index (χ0v) is 16.3. The maximum Gasteiger partial charge on any atom is 0.185 e. The summed E-state index contributed by atoms with van der Waals surface area (Å²) in [5.41, 5.74) is 1.84. The fraction of sp³-hybridized carbons (Fsp3) is 0.235. The summed E-state index contributed by atoms with van der Waals surface area (Å²) >= 11 is 8.48. The van der Waals surface area contributed by atoms with Gasteiger partial charge in [0, 0.05) is 33.7 Å². The van der Waals surface area contributed by atoms with Gasteiger partial charge in [-0.05, 0) is 74.3 Å². The second-order valence-electron chi connectivity index (χ2n) is 5.11. The van der Waals surface area contributed by atoms with Crippen molar-refractivity contribution in [3.05, 3.63) is 55.1 Å². The molecule has 6 heteroatoms. The number of nitrogens with zero attached hydrogens (tertiary/aromatic N) is 1. The maximum atomic E-state index is 12.3. The van der Waals surface area contributed by atoms with Gasteiger partial charge in [-0.15, -0.1) is 11.3 Å². The number of rotatable bonds is 4. The molecule has 23 heavy (non-hydrogen) atoms. The zero-order chi connectivity index (χ0) is 16.2. The molecule has 1 fully saturated rings. The van der Waals surface area contributed by atoms with Crippen LogP contribution in [0.15, 0.2) is 44.7 Å². The Morgan fingerprint density at radius 3 is 2.48 bits per heavy atom. The fourth-order valence-corrected chi connectivity index (χ4v) is 4.35. The lowest BCUT2D eigenvalue weighted by atomic mass is 10.1. The fourth-order valence-electron chi connectivity index (χ4n) is 2.36. The van der Waals surface area contributed by atoms with Crippen molar-refractivity contribution in [2.75, 3.05) is 31.2 Å². The minimum absolute atomic E-state index is 0.0131. The molecule has 0 atom stereocenters. The van der Waals surface area contributed by atoms with Gasteiger partial charge in [0.25, 0.3) is 0 Å². The van der Waals surface area contributed by atoms with E-state index < -0.39 is 0 Å². The first kappa shape index (κ1) is 16.9. The molecule has 1 aliphatic rings. The minimum Gasteiger partial charge on any atom is -0.378 e. The van der Waals surface area contributed by atoms with Gasteiger partial charge in [0.15, 0.2) is 5.78 Å². The third-order valence-corrected chi connectivity index (χ3v) is 6.81. The van der Waals surface area contributed by atoms with E-state index in [-0.39, 0.29) is 5.78 Å². The van der Waals surface area contributed by atoms with E-state index in [1.165, 1.54) is 0 Å². The van der Waals surface area contributed by atoms with Crippen molar-refractivity contribution < 1.29 is 9.53 Å². The number of carbonyl (C=O) groups is 1. The molecule has 0 N–H and O–H groups in total. The molecule has 1 aliphatic heterocycles. The van der Waals surface area contributed by atoms with E-state index in [9.17, 15) is 4.79 Å². The zero-order valence-electron chi connectivity index (χ0n) is 12.3. The largest absolute Gasteiger partial charge is 0.378 e. The molecule has 1 saturated heterocycles. The van der Waals surface area contributed by atoms with E-state index >= 15 is 0 Å². The number of anilines is 1. The number of halogens is 2. The number of benzene rings is 1. The van der Waals surface area contributed by atoms with Crippen LogP contribution in [0.5, 0.6) is 0 Å². The molecular weight excluding hydrogens is 442 g/mol. The van der Waals surface area contributed by atoms with Crippen molar-refractivity contribution in [2.24, 2.45) is 0 Å². The summed E-state index contributed by atoms with van der Waals surface area (Å²) in [6.45, 7) is 3.31. The van der Waals surface area contributed by atoms with Gasteiger partial charge in [-0.25, -0.2) is 0 Å². The highest BCUT2D eigenvalue weighted by atomic mass is 79.9. The summed E-state index contributed by atoms with van der Waals surface area (Å²) in [5, 5.41) is 0. The minimum atomic E-state index is 0.0131. The van der Waals surface area contributed by atoms with Gasteiger partial charge in [-0.1, -0.05) is 0 Å². The van der Waals surface area contributed by atoms with Crippen molar-refractivity contribution in [1.29, 1.82) is 0 Å². The van der Waals surface area contributed by atoms with Crippen LogP contribution in [0.1, 0.15) is 15.2 Å². The van der Waals surface area contributed by atoms with E-state index in [0.29, 0.717) is 5.56 Å². The first-order valence-electron chi connectivity index (χ1n) is 7.23. The average Bonchev–Trinajstić information content (AvgIpc) is 2.92. The van der Waals surface area contributed by atoms with Crippen molar-refractivity contribution in [3.8, 4) is 0 Å². The third kappa shape index (κ3) is 4.32. The van der Waals surface area contributed by atoms with Gasteiger partial charge >= 0.3 is 0 Å². The van der Waals surface area contributed by atoms with Crippen LogP contribution in [0.3, 0.4) is 0 Å². The van der Waals surface area contributed by atoms with E-state index in [0.717, 1.165) is 45.1 Å². The van der Waals surface area contributed by atoms with Crippen LogP contribution in [-0.2, 0) is 4.74 Å². The normalized spacial score (nSPS) is 15.3. The van der Waals surface area contributed by atoms with Gasteiger partial charge in [-0.3, -0.25) is 4.79 Å². The highest BCUT2D eigenvalue weighted by Crippen LogP contribution is 2.33. The number of ether oxygens (including phenoxy) is 1. The molecule has 0 bridgehead atoms. The van der Waals surface area contributed by atoms with E-state index in [1.807, 2.05) is 36.4 Å². The summed E-state index contributed by atoms with van der Waals surface area (Å²) in [6, 6.07) is 9.77. The number of morpholine rings is 1. The van der Waals surface area contributed by atoms with Crippen LogP contribution in [0.25, 0.3) is 6.08 Å². The molecule has 2 heterocycles. The Labute approximate surface area is 156 Å². The van der Waals surface area contributed by atoms with Crippen molar-refractivity contribution >= 4 is 60.7 Å². The van der Waals surface area contributed by atoms with Crippen molar-refractivity contribution in [3.63, 3.8) is 0 Å². The molecule has 3 nitrogen and oxygen atoms in total. The summed E-state index contributed by atoms with van der Waals surface area (Å²) in [4.78, 5) is 15.6. The molecule has 3 rings (SSSR count). The molecule has 1 aromatic heterocycles. The molecule has 1 aromatic carbocycles. The van der Waals surface area contributed by atoms with E-state index in [2.05, 4.69) is 36.8 Å². The van der Waals surface area contributed by atoms with Crippen LogP contribution < -0.4 is 4.90 Å². The van der Waals surface area contributed by atoms with Gasteiger partial charge in [-0.2, -0.15) is 0 Å². The highest BCUT2D eigenvalue weighted by molar-refractivity contribution is 9.13. The molecule has 120 valence electrons. The lowest BCUT2D eigenvalue weighted by Crippen LogP contribution is -2.36. The maximum absolute atomic E-state index is 12.3. The van der Waals surface area contributed by atoms with Crippen LogP contribution in [-0.4, -0.2) is 32.1 Å². The average molecular weight is 457 g/mol. The number of allylic oxidation sites excluding steroid dienone is 1. The molecule has 0 saturated carbocycles. The number of thiophene rings is 1. The summed E-state index contributed by atoms with van der Waals surface area (Å²) in [5.74, 6) is 0.0131. The van der Waals surface area contributed by atoms with Gasteiger partial charge in [0.2, 0.25) is 0 Å². The quantitative estimate of drug-likeness (QED) is 0.478. The van der Waals surface area contributed by atoms with Gasteiger partial charge < -0.3 is 9.64 Å². The molecule has 2 aromatic rings. The molecule has 0 aliphatic carbocycles. The summed E-state index contributed by atoms with van der Waals surface area (Å²) in [7, 11) is 0. The molecule has 0 radical (unpaired) electrons. The summed E-state index contributed by atoms with van der Waals surface area (Å²) in [6.07, 6.45) is 3.47. The molecular formula is C17H15Br2NO2S. The second kappa shape index (κ2) is 7.75. The van der Waals surface area contributed by atoms with E-state index in [4.69, 9.17) is 4.74 Å². The Bertz CT molecular complexity index is 699. The lowest BCUT2D eigenvalue weighted by Gasteiger charge is -2.28. The molecule has 0 spiro atoms. The Morgan fingerprint density at radius 1 is 1.17 bits per heavy atom. The highest BCUT2D eigenvalue weighted by Gasteiger charge is 2.11.